The minimum Gasteiger partial charge on any atom is -0.475 e. The minimum atomic E-state index is -5.08. The standard InChI is InChI=1S/C19H17N3O2S.C2HF3O2/c1-19(2,18-21-16-6-3-4-7-17(16)22-18)14-8-10-15(11-9-14)25(23,24)13-5-12-20;3-2(4,5)1(6)7/h3-11,13H,1-2H3,(H,21,22);(H,6,7)/b13-5+;. The van der Waals surface area contributed by atoms with Gasteiger partial charge in [0.15, 0.2) is 0 Å². The number of rotatable bonds is 4. The molecule has 7 nitrogen and oxygen atoms in total. The van der Waals surface area contributed by atoms with E-state index in [-0.39, 0.29) is 4.90 Å². The predicted molar refractivity (Wildman–Crippen MR) is 110 cm³/mol. The number of para-hydroxylation sites is 2. The molecule has 0 fully saturated rings. The summed E-state index contributed by atoms with van der Waals surface area (Å²) in [5.41, 5.74) is 2.39. The van der Waals surface area contributed by atoms with Crippen molar-refractivity contribution in [2.45, 2.75) is 30.3 Å². The molecule has 0 aliphatic carbocycles. The highest BCUT2D eigenvalue weighted by molar-refractivity contribution is 7.94. The molecule has 32 heavy (non-hydrogen) atoms. The molecule has 0 amide bonds. The van der Waals surface area contributed by atoms with Crippen LogP contribution in [0.5, 0.6) is 0 Å². The fourth-order valence-corrected chi connectivity index (χ4v) is 3.56. The minimum absolute atomic E-state index is 0.156. The van der Waals surface area contributed by atoms with Crippen molar-refractivity contribution >= 4 is 26.8 Å². The first-order valence-electron chi connectivity index (χ1n) is 8.96. The van der Waals surface area contributed by atoms with Gasteiger partial charge in [0.1, 0.15) is 5.82 Å². The van der Waals surface area contributed by atoms with Crippen LogP contribution in [-0.4, -0.2) is 35.6 Å². The largest absolute Gasteiger partial charge is 0.490 e. The van der Waals surface area contributed by atoms with Crippen molar-refractivity contribution in [1.82, 2.24) is 9.97 Å². The van der Waals surface area contributed by atoms with E-state index in [9.17, 15) is 21.6 Å². The van der Waals surface area contributed by atoms with Gasteiger partial charge in [-0.05, 0) is 43.7 Å². The van der Waals surface area contributed by atoms with Crippen LogP contribution in [0.1, 0.15) is 25.2 Å². The molecule has 0 aliphatic heterocycles. The first kappa shape index (κ1) is 24.6. The fourth-order valence-electron chi connectivity index (χ4n) is 2.65. The van der Waals surface area contributed by atoms with Gasteiger partial charge < -0.3 is 10.1 Å². The zero-order valence-electron chi connectivity index (χ0n) is 16.9. The summed E-state index contributed by atoms with van der Waals surface area (Å²) in [6.07, 6.45) is -4.12. The van der Waals surface area contributed by atoms with Crippen LogP contribution in [0.2, 0.25) is 0 Å². The normalized spacial score (nSPS) is 12.2. The molecule has 3 rings (SSSR count). The summed E-state index contributed by atoms with van der Waals surface area (Å²) < 4.78 is 55.9. The van der Waals surface area contributed by atoms with E-state index in [1.54, 1.807) is 30.3 Å². The Hall–Kier alpha value is -3.65. The van der Waals surface area contributed by atoms with Gasteiger partial charge in [0.2, 0.25) is 9.84 Å². The Morgan fingerprint density at radius 3 is 2.19 bits per heavy atom. The number of aliphatic carboxylic acids is 1. The second-order valence-electron chi connectivity index (χ2n) is 7.03. The molecular weight excluding hydrogens is 447 g/mol. The summed E-state index contributed by atoms with van der Waals surface area (Å²) in [6, 6.07) is 16.2. The van der Waals surface area contributed by atoms with Gasteiger partial charge in [0.25, 0.3) is 0 Å². The number of carbonyl (C=O) groups is 1. The fraction of sp³-hybridized carbons (Fsp3) is 0.190. The van der Waals surface area contributed by atoms with E-state index < -0.39 is 27.4 Å². The number of fused-ring (bicyclic) bond motifs is 1. The maximum absolute atomic E-state index is 12.1. The number of nitriles is 1. The lowest BCUT2D eigenvalue weighted by molar-refractivity contribution is -0.192. The van der Waals surface area contributed by atoms with Crippen molar-refractivity contribution in [2.24, 2.45) is 0 Å². The van der Waals surface area contributed by atoms with Crippen LogP contribution in [0.4, 0.5) is 13.2 Å². The number of carboxylic acid groups (broad SMARTS) is 1. The lowest BCUT2D eigenvalue weighted by atomic mass is 9.84. The summed E-state index contributed by atoms with van der Waals surface area (Å²) in [5, 5.41) is 16.5. The molecule has 0 saturated carbocycles. The van der Waals surface area contributed by atoms with Crippen LogP contribution < -0.4 is 0 Å². The van der Waals surface area contributed by atoms with E-state index in [1.165, 1.54) is 0 Å². The third-order valence-corrected chi connectivity index (χ3v) is 5.87. The van der Waals surface area contributed by atoms with Gasteiger partial charge in [0.05, 0.1) is 22.0 Å². The number of nitrogens with one attached hydrogen (secondary N) is 1. The van der Waals surface area contributed by atoms with Gasteiger partial charge in [-0.3, -0.25) is 0 Å². The third kappa shape index (κ3) is 5.73. The van der Waals surface area contributed by atoms with Crippen molar-refractivity contribution in [3.8, 4) is 6.07 Å². The number of allylic oxidation sites excluding steroid dienone is 1. The summed E-state index contributed by atoms with van der Waals surface area (Å²) in [6.45, 7) is 4.06. The van der Waals surface area contributed by atoms with Crippen molar-refractivity contribution in [1.29, 1.82) is 5.26 Å². The summed E-state index contributed by atoms with van der Waals surface area (Å²) in [7, 11) is -3.60. The van der Waals surface area contributed by atoms with E-state index in [0.29, 0.717) is 0 Å². The molecule has 0 radical (unpaired) electrons. The number of sulfone groups is 1. The van der Waals surface area contributed by atoms with Crippen LogP contribution in [-0.2, 0) is 20.0 Å². The molecule has 11 heteroatoms. The maximum Gasteiger partial charge on any atom is 0.490 e. The topological polar surface area (TPSA) is 124 Å². The monoisotopic (exact) mass is 465 g/mol. The Balaban J connectivity index is 0.000000451. The molecule has 0 spiro atoms. The molecule has 1 heterocycles. The number of alkyl halides is 3. The zero-order chi connectivity index (χ0) is 24.2. The quantitative estimate of drug-likeness (QED) is 0.553. The van der Waals surface area contributed by atoms with Gasteiger partial charge in [0, 0.05) is 16.9 Å². The summed E-state index contributed by atoms with van der Waals surface area (Å²) in [5.74, 6) is -1.94. The zero-order valence-corrected chi connectivity index (χ0v) is 17.7. The van der Waals surface area contributed by atoms with Crippen LogP contribution in [0.3, 0.4) is 0 Å². The molecule has 168 valence electrons. The van der Waals surface area contributed by atoms with Crippen LogP contribution in [0.15, 0.2) is 64.9 Å². The molecule has 0 atom stereocenters. The third-order valence-electron chi connectivity index (χ3n) is 4.45. The SMILES string of the molecule is CC(C)(c1ccc(S(=O)(=O)/C=C/C#N)cc1)c1nc2ccccc2[nH]1.O=C(O)C(F)(F)F. The van der Waals surface area contributed by atoms with Gasteiger partial charge in [-0.25, -0.2) is 18.2 Å². The highest BCUT2D eigenvalue weighted by Crippen LogP contribution is 2.31. The lowest BCUT2D eigenvalue weighted by Crippen LogP contribution is -2.21. The molecule has 0 aliphatic rings. The Kier molecular flexibility index (Phi) is 7.10. The molecule has 0 unspecified atom stereocenters. The van der Waals surface area contributed by atoms with Crippen molar-refractivity contribution in [3.05, 3.63) is 71.4 Å². The van der Waals surface area contributed by atoms with E-state index in [1.807, 2.05) is 38.1 Å². The van der Waals surface area contributed by atoms with E-state index in [4.69, 9.17) is 15.2 Å². The predicted octanol–water partition coefficient (Wildman–Crippen LogP) is 4.33. The average Bonchev–Trinajstić information content (AvgIpc) is 3.17. The van der Waals surface area contributed by atoms with Gasteiger partial charge in [-0.15, -0.1) is 0 Å². The molecule has 2 N–H and O–H groups in total. The number of benzene rings is 2. The Labute approximate surface area is 181 Å². The number of hydrogen-bond donors (Lipinski definition) is 2. The number of halogens is 3. The van der Waals surface area contributed by atoms with Gasteiger partial charge in [-0.1, -0.05) is 24.3 Å². The maximum atomic E-state index is 12.1. The number of aromatic amines is 1. The van der Waals surface area contributed by atoms with Crippen molar-refractivity contribution in [3.63, 3.8) is 0 Å². The number of aromatic nitrogens is 2. The second-order valence-corrected chi connectivity index (χ2v) is 8.87. The molecule has 1 aromatic heterocycles. The van der Waals surface area contributed by atoms with Crippen molar-refractivity contribution in [2.75, 3.05) is 0 Å². The number of hydrogen-bond acceptors (Lipinski definition) is 5. The average molecular weight is 465 g/mol. The number of nitrogens with zero attached hydrogens (tertiary/aromatic N) is 2. The number of H-pyrrole nitrogens is 1. The van der Waals surface area contributed by atoms with E-state index in [0.717, 1.165) is 33.9 Å². The smallest absolute Gasteiger partial charge is 0.475 e. The Morgan fingerprint density at radius 2 is 1.69 bits per heavy atom. The molecule has 2 aromatic carbocycles. The second kappa shape index (κ2) is 9.23. The van der Waals surface area contributed by atoms with Gasteiger partial charge in [-0.2, -0.15) is 18.4 Å². The summed E-state index contributed by atoms with van der Waals surface area (Å²) >= 11 is 0. The van der Waals surface area contributed by atoms with E-state index >= 15 is 0 Å². The highest BCUT2D eigenvalue weighted by Gasteiger charge is 2.38. The first-order valence-corrected chi connectivity index (χ1v) is 10.5. The highest BCUT2D eigenvalue weighted by atomic mass is 32.2. The molecule has 3 aromatic rings. The van der Waals surface area contributed by atoms with Crippen LogP contribution >= 0.6 is 0 Å². The summed E-state index contributed by atoms with van der Waals surface area (Å²) in [4.78, 5) is 17.0. The number of imidazole rings is 1. The lowest BCUT2D eigenvalue weighted by Gasteiger charge is -2.23. The molecular formula is C21H18F3N3O4S. The van der Waals surface area contributed by atoms with Crippen LogP contribution in [0.25, 0.3) is 11.0 Å². The Morgan fingerprint density at radius 1 is 1.12 bits per heavy atom. The Bertz CT molecular complexity index is 1250. The van der Waals surface area contributed by atoms with Gasteiger partial charge >= 0.3 is 12.1 Å². The molecule has 0 bridgehead atoms. The number of carboxylic acids is 1. The van der Waals surface area contributed by atoms with Crippen LogP contribution in [0, 0.1) is 11.3 Å². The first-order chi connectivity index (χ1) is 14.8. The van der Waals surface area contributed by atoms with Crippen molar-refractivity contribution < 1.29 is 31.5 Å². The van der Waals surface area contributed by atoms with E-state index in [2.05, 4.69) is 9.97 Å². The molecule has 0 saturated heterocycles.